The third-order valence-corrected chi connectivity index (χ3v) is 5.49. The van der Waals surface area contributed by atoms with E-state index in [0.29, 0.717) is 5.75 Å². The van der Waals surface area contributed by atoms with Crippen molar-refractivity contribution >= 4 is 53.3 Å². The van der Waals surface area contributed by atoms with Gasteiger partial charge in [0.2, 0.25) is 23.6 Å². The van der Waals surface area contributed by atoms with Crippen molar-refractivity contribution < 1.29 is 39.0 Å². The summed E-state index contributed by atoms with van der Waals surface area (Å²) in [7, 11) is 0. The lowest BCUT2D eigenvalue weighted by Crippen LogP contribution is -2.57. The van der Waals surface area contributed by atoms with Crippen LogP contribution in [-0.4, -0.2) is 94.5 Å². The van der Waals surface area contributed by atoms with Crippen molar-refractivity contribution in [1.82, 2.24) is 16.0 Å². The maximum Gasteiger partial charge on any atom is 0.326 e. The smallest absolute Gasteiger partial charge is 0.326 e. The Morgan fingerprint density at radius 2 is 1.38 bits per heavy atom. The second kappa shape index (κ2) is 17.8. The summed E-state index contributed by atoms with van der Waals surface area (Å²) in [5, 5.41) is 25.5. The lowest BCUT2D eigenvalue weighted by Gasteiger charge is -2.25. The summed E-state index contributed by atoms with van der Waals surface area (Å²) in [6.45, 7) is 0.109. The van der Waals surface area contributed by atoms with Gasteiger partial charge >= 0.3 is 11.9 Å². The zero-order valence-corrected chi connectivity index (χ0v) is 21.3. The molecule has 17 heteroatoms. The number of amides is 4. The summed E-state index contributed by atoms with van der Waals surface area (Å²) in [6.07, 6.45) is 0.727. The SMILES string of the molecule is CSCCC(NC(=O)C(CCCN=C(N)N)NC(=O)C(CCC(=O)O)NC(=O)C(N)CC(N)=O)C(=O)O. The van der Waals surface area contributed by atoms with Gasteiger partial charge in [-0.1, -0.05) is 0 Å². The maximum absolute atomic E-state index is 13.0. The van der Waals surface area contributed by atoms with Crippen LogP contribution in [0.4, 0.5) is 0 Å². The van der Waals surface area contributed by atoms with Gasteiger partial charge in [-0.2, -0.15) is 11.8 Å². The monoisotopic (exact) mass is 548 g/mol. The highest BCUT2D eigenvalue weighted by Crippen LogP contribution is 2.06. The fourth-order valence-corrected chi connectivity index (χ4v) is 3.41. The van der Waals surface area contributed by atoms with E-state index in [1.54, 1.807) is 6.26 Å². The van der Waals surface area contributed by atoms with E-state index < -0.39 is 72.6 Å². The highest BCUT2D eigenvalue weighted by molar-refractivity contribution is 7.98. The number of thioether (sulfide) groups is 1. The average molecular weight is 549 g/mol. The molecule has 4 unspecified atom stereocenters. The molecule has 4 atom stereocenters. The first-order chi connectivity index (χ1) is 17.3. The number of nitrogens with zero attached hydrogens (tertiary/aromatic N) is 1. The molecule has 0 aliphatic rings. The van der Waals surface area contributed by atoms with Gasteiger partial charge in [-0.3, -0.25) is 29.0 Å². The molecule has 0 fully saturated rings. The van der Waals surface area contributed by atoms with Crippen molar-refractivity contribution in [3.05, 3.63) is 0 Å². The fourth-order valence-electron chi connectivity index (χ4n) is 2.93. The second-order valence-electron chi connectivity index (χ2n) is 7.96. The minimum absolute atomic E-state index is 0.00991. The molecule has 0 radical (unpaired) electrons. The Balaban J connectivity index is 5.68. The van der Waals surface area contributed by atoms with Crippen molar-refractivity contribution in [3.63, 3.8) is 0 Å². The van der Waals surface area contributed by atoms with Gasteiger partial charge in [0.15, 0.2) is 5.96 Å². The maximum atomic E-state index is 13.0. The van der Waals surface area contributed by atoms with E-state index in [1.165, 1.54) is 11.8 Å². The summed E-state index contributed by atoms with van der Waals surface area (Å²) < 4.78 is 0. The summed E-state index contributed by atoms with van der Waals surface area (Å²) in [5.74, 6) is -5.76. The third-order valence-electron chi connectivity index (χ3n) is 4.84. The molecule has 0 bridgehead atoms. The molecule has 0 aliphatic carbocycles. The zero-order valence-electron chi connectivity index (χ0n) is 20.5. The van der Waals surface area contributed by atoms with Gasteiger partial charge < -0.3 is 49.1 Å². The highest BCUT2D eigenvalue weighted by atomic mass is 32.2. The highest BCUT2D eigenvalue weighted by Gasteiger charge is 2.30. The molecule has 0 heterocycles. The molecule has 0 saturated carbocycles. The standard InChI is InChI=1S/C20H36N8O8S/c1-37-8-6-13(19(35)36)28-17(33)11(3-2-7-25-20(23)24)27-18(34)12(4-5-15(30)31)26-16(32)10(21)9-14(22)29/h10-13H,2-9,21H2,1H3,(H2,22,29)(H,26,32)(H,27,34)(H,28,33)(H,30,31)(H,35,36)(H4,23,24,25). The summed E-state index contributed by atoms with van der Waals surface area (Å²) in [4.78, 5) is 75.5. The number of nitrogens with one attached hydrogen (secondary N) is 3. The number of carboxylic acids is 2. The molecule has 37 heavy (non-hydrogen) atoms. The zero-order chi connectivity index (χ0) is 28.5. The Morgan fingerprint density at radius 3 is 1.86 bits per heavy atom. The number of carboxylic acid groups (broad SMARTS) is 2. The molecule has 13 N–H and O–H groups in total. The minimum atomic E-state index is -1.43. The van der Waals surface area contributed by atoms with Crippen LogP contribution in [0.2, 0.25) is 0 Å². The molecule has 0 aromatic rings. The molecule has 4 amide bonds. The largest absolute Gasteiger partial charge is 0.481 e. The topological polar surface area (TPSA) is 295 Å². The van der Waals surface area contributed by atoms with Crippen LogP contribution in [0.25, 0.3) is 0 Å². The molecule has 0 aromatic heterocycles. The van der Waals surface area contributed by atoms with Crippen LogP contribution in [0.1, 0.15) is 38.5 Å². The molecule has 210 valence electrons. The predicted octanol–water partition coefficient (Wildman–Crippen LogP) is -3.60. The number of primary amides is 1. The lowest BCUT2D eigenvalue weighted by molar-refractivity contribution is -0.142. The summed E-state index contributed by atoms with van der Waals surface area (Å²) in [5.41, 5.74) is 21.2. The van der Waals surface area contributed by atoms with Crippen molar-refractivity contribution in [2.75, 3.05) is 18.6 Å². The van der Waals surface area contributed by atoms with Crippen molar-refractivity contribution in [3.8, 4) is 0 Å². The van der Waals surface area contributed by atoms with Crippen molar-refractivity contribution in [1.29, 1.82) is 0 Å². The Labute approximate surface area is 217 Å². The predicted molar refractivity (Wildman–Crippen MR) is 135 cm³/mol. The van der Waals surface area contributed by atoms with E-state index in [9.17, 15) is 33.9 Å². The Kier molecular flexibility index (Phi) is 16.0. The average Bonchev–Trinajstić information content (AvgIpc) is 2.79. The van der Waals surface area contributed by atoms with Gasteiger partial charge in [-0.15, -0.1) is 0 Å². The molecule has 0 saturated heterocycles. The number of aliphatic carboxylic acids is 2. The number of nitrogens with two attached hydrogens (primary N) is 4. The van der Waals surface area contributed by atoms with E-state index in [4.69, 9.17) is 28.0 Å². The number of carbonyl (C=O) groups is 6. The van der Waals surface area contributed by atoms with Gasteiger partial charge in [0.25, 0.3) is 0 Å². The van der Waals surface area contributed by atoms with Crippen LogP contribution in [0.3, 0.4) is 0 Å². The first-order valence-corrected chi connectivity index (χ1v) is 12.6. The molecule has 0 aromatic carbocycles. The van der Waals surface area contributed by atoms with E-state index in [-0.39, 0.29) is 38.2 Å². The number of hydrogen-bond acceptors (Lipinski definition) is 9. The molecule has 0 rings (SSSR count). The lowest BCUT2D eigenvalue weighted by atomic mass is 10.1. The second-order valence-corrected chi connectivity index (χ2v) is 8.95. The quantitative estimate of drug-likeness (QED) is 0.0429. The molecular formula is C20H36N8O8S. The molecule has 0 spiro atoms. The van der Waals surface area contributed by atoms with E-state index in [2.05, 4.69) is 20.9 Å². The molecular weight excluding hydrogens is 512 g/mol. The number of carbonyl (C=O) groups excluding carboxylic acids is 4. The van der Waals surface area contributed by atoms with Gasteiger partial charge in [-0.05, 0) is 37.7 Å². The van der Waals surface area contributed by atoms with Crippen molar-refractivity contribution in [2.24, 2.45) is 27.9 Å². The number of rotatable bonds is 19. The fraction of sp³-hybridized carbons (Fsp3) is 0.650. The Hall–Kier alpha value is -3.60. The number of hydrogen-bond donors (Lipinski definition) is 9. The van der Waals surface area contributed by atoms with Gasteiger partial charge in [0, 0.05) is 13.0 Å². The molecule has 0 aliphatic heterocycles. The summed E-state index contributed by atoms with van der Waals surface area (Å²) in [6, 6.07) is -5.29. The minimum Gasteiger partial charge on any atom is -0.481 e. The Bertz CT molecular complexity index is 852. The van der Waals surface area contributed by atoms with Gasteiger partial charge in [0.05, 0.1) is 12.5 Å². The first kappa shape index (κ1) is 33.4. The van der Waals surface area contributed by atoms with E-state index >= 15 is 0 Å². The third kappa shape index (κ3) is 15.2. The number of guanidine groups is 1. The van der Waals surface area contributed by atoms with Crippen LogP contribution < -0.4 is 38.9 Å². The molecule has 16 nitrogen and oxygen atoms in total. The summed E-state index contributed by atoms with van der Waals surface area (Å²) >= 11 is 1.39. The van der Waals surface area contributed by atoms with E-state index in [1.807, 2.05) is 0 Å². The first-order valence-electron chi connectivity index (χ1n) is 11.2. The van der Waals surface area contributed by atoms with Crippen LogP contribution in [0, 0.1) is 0 Å². The van der Waals surface area contributed by atoms with Gasteiger partial charge in [-0.25, -0.2) is 4.79 Å². The van der Waals surface area contributed by atoms with Crippen LogP contribution >= 0.6 is 11.8 Å². The Morgan fingerprint density at radius 1 is 0.838 bits per heavy atom. The van der Waals surface area contributed by atoms with Crippen LogP contribution in [0.15, 0.2) is 4.99 Å². The van der Waals surface area contributed by atoms with Gasteiger partial charge in [0.1, 0.15) is 18.1 Å². The van der Waals surface area contributed by atoms with Crippen molar-refractivity contribution in [2.45, 2.75) is 62.7 Å². The van der Waals surface area contributed by atoms with E-state index in [0.717, 1.165) is 0 Å². The normalized spacial score (nSPS) is 13.8. The van der Waals surface area contributed by atoms with Crippen LogP contribution in [0.5, 0.6) is 0 Å². The number of aliphatic imine (C=N–C) groups is 1. The van der Waals surface area contributed by atoms with Crippen LogP contribution in [-0.2, 0) is 28.8 Å².